The van der Waals surface area contributed by atoms with Crippen molar-refractivity contribution in [3.05, 3.63) is 51.3 Å². The Kier molecular flexibility index (Phi) is 3.19. The number of benzene rings is 1. The number of halogens is 2. The maximum Gasteiger partial charge on any atom is 0.163 e. The normalized spacial score (nSPS) is 11.2. The summed E-state index contributed by atoms with van der Waals surface area (Å²) in [5, 5.41) is 6.95. The largest absolute Gasteiger partial charge is 0.232 e. The zero-order valence-electron chi connectivity index (χ0n) is 11.4. The SMILES string of the molecule is Cc1nc2c(c(C)nn2-c2cccc(Cl)c2)c(C)c1Cl. The Balaban J connectivity index is 2.39. The van der Waals surface area contributed by atoms with Gasteiger partial charge >= 0.3 is 0 Å². The highest BCUT2D eigenvalue weighted by Gasteiger charge is 2.16. The monoisotopic (exact) mass is 305 g/mol. The van der Waals surface area contributed by atoms with Gasteiger partial charge in [0.1, 0.15) is 0 Å². The Morgan fingerprint density at radius 2 is 1.80 bits per heavy atom. The molecule has 0 fully saturated rings. The van der Waals surface area contributed by atoms with Gasteiger partial charge in [-0.05, 0) is 44.5 Å². The predicted molar refractivity (Wildman–Crippen MR) is 83.1 cm³/mol. The van der Waals surface area contributed by atoms with Gasteiger partial charge in [0.05, 0.1) is 22.1 Å². The van der Waals surface area contributed by atoms with Crippen LogP contribution in [-0.2, 0) is 0 Å². The topological polar surface area (TPSA) is 30.7 Å². The molecule has 0 bridgehead atoms. The summed E-state index contributed by atoms with van der Waals surface area (Å²) >= 11 is 12.3. The van der Waals surface area contributed by atoms with Crippen LogP contribution in [0, 0.1) is 20.8 Å². The van der Waals surface area contributed by atoms with E-state index in [9.17, 15) is 0 Å². The molecule has 3 rings (SSSR count). The van der Waals surface area contributed by atoms with Gasteiger partial charge in [0.25, 0.3) is 0 Å². The number of rotatable bonds is 1. The third-order valence-electron chi connectivity index (χ3n) is 3.38. The van der Waals surface area contributed by atoms with E-state index in [2.05, 4.69) is 10.1 Å². The van der Waals surface area contributed by atoms with Crippen LogP contribution < -0.4 is 0 Å². The maximum atomic E-state index is 6.29. The lowest BCUT2D eigenvalue weighted by Crippen LogP contribution is -1.99. The molecule has 102 valence electrons. The molecule has 0 aliphatic rings. The number of pyridine rings is 1. The molecule has 20 heavy (non-hydrogen) atoms. The van der Waals surface area contributed by atoms with Gasteiger partial charge in [0.2, 0.25) is 0 Å². The van der Waals surface area contributed by atoms with E-state index in [0.717, 1.165) is 33.7 Å². The summed E-state index contributed by atoms with van der Waals surface area (Å²) in [6.07, 6.45) is 0. The Bertz CT molecular complexity index is 822. The predicted octanol–water partition coefficient (Wildman–Crippen LogP) is 4.65. The first-order valence-electron chi connectivity index (χ1n) is 6.27. The fraction of sp³-hybridized carbons (Fsp3) is 0.200. The molecule has 0 N–H and O–H groups in total. The molecule has 0 amide bonds. The summed E-state index contributed by atoms with van der Waals surface area (Å²) in [5.41, 5.74) is 4.43. The van der Waals surface area contributed by atoms with Crippen LogP contribution in [0.5, 0.6) is 0 Å². The first-order chi connectivity index (χ1) is 9.49. The van der Waals surface area contributed by atoms with E-state index >= 15 is 0 Å². The zero-order valence-corrected chi connectivity index (χ0v) is 12.9. The van der Waals surface area contributed by atoms with Crippen LogP contribution >= 0.6 is 23.2 Å². The van der Waals surface area contributed by atoms with Crippen molar-refractivity contribution in [2.75, 3.05) is 0 Å². The third-order valence-corrected chi connectivity index (χ3v) is 4.18. The van der Waals surface area contributed by atoms with Gasteiger partial charge in [0, 0.05) is 10.4 Å². The molecule has 3 nitrogen and oxygen atoms in total. The second-order valence-corrected chi connectivity index (χ2v) is 5.63. The average Bonchev–Trinajstić information content (AvgIpc) is 2.73. The van der Waals surface area contributed by atoms with Crippen LogP contribution in [0.1, 0.15) is 17.0 Å². The number of aromatic nitrogens is 3. The highest BCUT2D eigenvalue weighted by atomic mass is 35.5. The summed E-state index contributed by atoms with van der Waals surface area (Å²) in [6, 6.07) is 7.56. The zero-order chi connectivity index (χ0) is 14.4. The summed E-state index contributed by atoms with van der Waals surface area (Å²) in [6.45, 7) is 5.86. The Morgan fingerprint density at radius 3 is 2.50 bits per heavy atom. The molecule has 0 saturated carbocycles. The molecule has 0 aliphatic carbocycles. The summed E-state index contributed by atoms with van der Waals surface area (Å²) < 4.78 is 1.81. The molecule has 2 aromatic heterocycles. The van der Waals surface area contributed by atoms with Crippen LogP contribution in [0.25, 0.3) is 16.7 Å². The van der Waals surface area contributed by atoms with E-state index < -0.39 is 0 Å². The van der Waals surface area contributed by atoms with Crippen LogP contribution in [0.2, 0.25) is 10.0 Å². The lowest BCUT2D eigenvalue weighted by molar-refractivity contribution is 0.875. The number of aryl methyl sites for hydroxylation is 3. The molecule has 0 saturated heterocycles. The minimum absolute atomic E-state index is 0.672. The van der Waals surface area contributed by atoms with Gasteiger partial charge < -0.3 is 0 Å². The first kappa shape index (κ1) is 13.4. The van der Waals surface area contributed by atoms with Crippen molar-refractivity contribution in [1.82, 2.24) is 14.8 Å². The molecule has 0 radical (unpaired) electrons. The van der Waals surface area contributed by atoms with Crippen LogP contribution in [0.15, 0.2) is 24.3 Å². The molecule has 5 heteroatoms. The first-order valence-corrected chi connectivity index (χ1v) is 7.02. The molecular weight excluding hydrogens is 293 g/mol. The van der Waals surface area contributed by atoms with Crippen molar-refractivity contribution in [3.8, 4) is 5.69 Å². The maximum absolute atomic E-state index is 6.29. The second-order valence-electron chi connectivity index (χ2n) is 4.81. The van der Waals surface area contributed by atoms with Gasteiger partial charge in [-0.25, -0.2) is 9.67 Å². The molecule has 0 unspecified atom stereocenters. The Hall–Kier alpha value is -1.58. The summed E-state index contributed by atoms with van der Waals surface area (Å²) in [7, 11) is 0. The standard InChI is InChI=1S/C15H13Cl2N3/c1-8-13-9(2)19-20(12-6-4-5-11(16)7-12)15(13)18-10(3)14(8)17/h4-7H,1-3H3. The van der Waals surface area contributed by atoms with E-state index in [-0.39, 0.29) is 0 Å². The van der Waals surface area contributed by atoms with Crippen LogP contribution in [0.3, 0.4) is 0 Å². The number of hydrogen-bond donors (Lipinski definition) is 0. The van der Waals surface area contributed by atoms with E-state index in [1.807, 2.05) is 49.7 Å². The quantitative estimate of drug-likeness (QED) is 0.655. The minimum Gasteiger partial charge on any atom is -0.232 e. The van der Waals surface area contributed by atoms with E-state index in [0.29, 0.717) is 10.0 Å². The molecule has 3 aromatic rings. The molecule has 1 aromatic carbocycles. The van der Waals surface area contributed by atoms with Gasteiger partial charge in [-0.1, -0.05) is 29.3 Å². The fourth-order valence-corrected chi connectivity index (χ4v) is 2.76. The lowest BCUT2D eigenvalue weighted by Gasteiger charge is -2.06. The van der Waals surface area contributed by atoms with Gasteiger partial charge in [-0.15, -0.1) is 0 Å². The molecular formula is C15H13Cl2N3. The third kappa shape index (κ3) is 1.98. The van der Waals surface area contributed by atoms with E-state index in [1.165, 1.54) is 0 Å². The number of nitrogens with zero attached hydrogens (tertiary/aromatic N) is 3. The van der Waals surface area contributed by atoms with E-state index in [4.69, 9.17) is 23.2 Å². The molecule has 0 atom stereocenters. The van der Waals surface area contributed by atoms with Crippen molar-refractivity contribution >= 4 is 34.2 Å². The highest BCUT2D eigenvalue weighted by Crippen LogP contribution is 2.30. The smallest absolute Gasteiger partial charge is 0.163 e. The summed E-state index contributed by atoms with van der Waals surface area (Å²) in [4.78, 5) is 4.59. The Morgan fingerprint density at radius 1 is 1.05 bits per heavy atom. The van der Waals surface area contributed by atoms with Gasteiger partial charge in [-0.2, -0.15) is 5.10 Å². The fourth-order valence-electron chi connectivity index (χ4n) is 2.43. The van der Waals surface area contributed by atoms with Crippen LogP contribution in [-0.4, -0.2) is 14.8 Å². The molecule has 2 heterocycles. The van der Waals surface area contributed by atoms with Gasteiger partial charge in [0.15, 0.2) is 5.65 Å². The lowest BCUT2D eigenvalue weighted by atomic mass is 10.1. The molecule has 0 spiro atoms. The van der Waals surface area contributed by atoms with Crippen molar-refractivity contribution in [2.24, 2.45) is 0 Å². The van der Waals surface area contributed by atoms with Crippen molar-refractivity contribution in [1.29, 1.82) is 0 Å². The summed E-state index contributed by atoms with van der Waals surface area (Å²) in [5.74, 6) is 0. The minimum atomic E-state index is 0.672. The second kappa shape index (κ2) is 4.76. The highest BCUT2D eigenvalue weighted by molar-refractivity contribution is 6.32. The van der Waals surface area contributed by atoms with E-state index in [1.54, 1.807) is 0 Å². The van der Waals surface area contributed by atoms with Crippen molar-refractivity contribution in [2.45, 2.75) is 20.8 Å². The number of fused-ring (bicyclic) bond motifs is 1. The molecule has 0 aliphatic heterocycles. The van der Waals surface area contributed by atoms with Crippen LogP contribution in [0.4, 0.5) is 0 Å². The van der Waals surface area contributed by atoms with Crippen molar-refractivity contribution < 1.29 is 0 Å². The van der Waals surface area contributed by atoms with Crippen molar-refractivity contribution in [3.63, 3.8) is 0 Å². The van der Waals surface area contributed by atoms with Gasteiger partial charge in [-0.3, -0.25) is 0 Å². The average molecular weight is 306 g/mol. The number of hydrogen-bond acceptors (Lipinski definition) is 2. The Labute approximate surface area is 127 Å².